The van der Waals surface area contributed by atoms with Gasteiger partial charge in [-0.2, -0.15) is 0 Å². The van der Waals surface area contributed by atoms with Crippen molar-refractivity contribution in [3.8, 4) is 11.6 Å². The Morgan fingerprint density at radius 2 is 1.70 bits per heavy atom. The highest BCUT2D eigenvalue weighted by Gasteiger charge is 2.28. The number of fused-ring (bicyclic) bond motifs is 1. The van der Waals surface area contributed by atoms with Gasteiger partial charge in [0.25, 0.3) is 11.8 Å². The van der Waals surface area contributed by atoms with Crippen LogP contribution < -0.4 is 14.8 Å². The van der Waals surface area contributed by atoms with Crippen LogP contribution in [0.1, 0.15) is 26.3 Å². The Labute approximate surface area is 170 Å². The minimum absolute atomic E-state index is 0.0155. The summed E-state index contributed by atoms with van der Waals surface area (Å²) in [6, 6.07) is 12.3. The number of rotatable bonds is 6. The lowest BCUT2D eigenvalue weighted by molar-refractivity contribution is 0.0879. The summed E-state index contributed by atoms with van der Waals surface area (Å²) >= 11 is 0. The minimum atomic E-state index is -3.94. The molecule has 152 valence electrons. The number of nitrogens with one attached hydrogen (secondary N) is 2. The first-order valence-corrected chi connectivity index (χ1v) is 10.2. The number of ether oxygens (including phenoxy) is 1. The van der Waals surface area contributed by atoms with Crippen LogP contribution in [0.15, 0.2) is 65.7 Å². The van der Waals surface area contributed by atoms with Gasteiger partial charge in [0.1, 0.15) is 11.6 Å². The molecule has 2 N–H and O–H groups in total. The Balaban J connectivity index is 1.48. The van der Waals surface area contributed by atoms with E-state index < -0.39 is 27.7 Å². The second-order valence-electron chi connectivity index (χ2n) is 6.37. The Bertz CT molecular complexity index is 1260. The number of benzene rings is 2. The van der Waals surface area contributed by atoms with E-state index in [1.54, 1.807) is 12.1 Å². The number of aromatic nitrogens is 1. The van der Waals surface area contributed by atoms with Gasteiger partial charge in [-0.3, -0.25) is 14.9 Å². The quantitative estimate of drug-likeness (QED) is 0.584. The molecule has 0 spiro atoms. The van der Waals surface area contributed by atoms with E-state index in [4.69, 9.17) is 4.74 Å². The predicted molar refractivity (Wildman–Crippen MR) is 103 cm³/mol. The van der Waals surface area contributed by atoms with E-state index in [1.165, 1.54) is 42.6 Å². The van der Waals surface area contributed by atoms with Crippen molar-refractivity contribution in [2.45, 2.75) is 11.4 Å². The van der Waals surface area contributed by atoms with E-state index in [9.17, 15) is 22.4 Å². The van der Waals surface area contributed by atoms with Gasteiger partial charge in [-0.05, 0) is 54.1 Å². The van der Waals surface area contributed by atoms with E-state index in [-0.39, 0.29) is 28.4 Å². The molecule has 0 radical (unpaired) electrons. The number of pyridine rings is 1. The average Bonchev–Trinajstić information content (AvgIpc) is 3.02. The monoisotopic (exact) mass is 427 g/mol. The third kappa shape index (κ3) is 4.04. The largest absolute Gasteiger partial charge is 0.439 e. The molecule has 1 aliphatic rings. The van der Waals surface area contributed by atoms with Crippen LogP contribution in [0.3, 0.4) is 0 Å². The number of hydrogen-bond acceptors (Lipinski definition) is 6. The zero-order chi connectivity index (χ0) is 21.3. The average molecular weight is 427 g/mol. The van der Waals surface area contributed by atoms with Gasteiger partial charge in [0.2, 0.25) is 15.9 Å². The Morgan fingerprint density at radius 3 is 2.47 bits per heavy atom. The van der Waals surface area contributed by atoms with Gasteiger partial charge < -0.3 is 4.74 Å². The maximum absolute atomic E-state index is 13.0. The van der Waals surface area contributed by atoms with Crippen molar-refractivity contribution in [2.75, 3.05) is 0 Å². The molecular formula is C20H14FN3O5S. The summed E-state index contributed by atoms with van der Waals surface area (Å²) in [5.74, 6) is -0.994. The lowest BCUT2D eigenvalue weighted by atomic mass is 10.1. The molecule has 2 amide bonds. The van der Waals surface area contributed by atoms with Crippen molar-refractivity contribution >= 4 is 21.8 Å². The van der Waals surface area contributed by atoms with E-state index in [0.717, 1.165) is 6.07 Å². The van der Waals surface area contributed by atoms with Crippen LogP contribution >= 0.6 is 0 Å². The molecule has 1 aromatic heterocycles. The highest BCUT2D eigenvalue weighted by atomic mass is 32.2. The summed E-state index contributed by atoms with van der Waals surface area (Å²) in [6.07, 6.45) is 1.45. The van der Waals surface area contributed by atoms with Gasteiger partial charge in [-0.1, -0.05) is 0 Å². The fourth-order valence-corrected chi connectivity index (χ4v) is 3.86. The van der Waals surface area contributed by atoms with Crippen molar-refractivity contribution < 1.29 is 27.1 Å². The molecule has 2 aromatic carbocycles. The maximum atomic E-state index is 13.0. The molecular weight excluding hydrogens is 413 g/mol. The van der Waals surface area contributed by atoms with Crippen LogP contribution in [0.2, 0.25) is 0 Å². The van der Waals surface area contributed by atoms with Crippen LogP contribution in [-0.2, 0) is 16.6 Å². The molecule has 0 saturated heterocycles. The molecule has 3 aromatic rings. The fraction of sp³-hybridized carbons (Fsp3) is 0.0500. The molecule has 0 bridgehead atoms. The van der Waals surface area contributed by atoms with E-state index >= 15 is 0 Å². The Kier molecular flexibility index (Phi) is 5.02. The number of hydrogen-bond donors (Lipinski definition) is 2. The zero-order valence-electron chi connectivity index (χ0n) is 15.3. The standard InChI is InChI=1S/C20H14FN3O5S/c21-13-1-3-14(4-2-13)29-18-9-12(7-8-22-18)11-23-30(27,28)15-5-6-16-17(10-15)20(26)24-19(16)25/h1-10,23H,11H2,(H,24,25,26). The fourth-order valence-electron chi connectivity index (χ4n) is 2.82. The van der Waals surface area contributed by atoms with Gasteiger partial charge in [0.15, 0.2) is 0 Å². The van der Waals surface area contributed by atoms with Gasteiger partial charge >= 0.3 is 0 Å². The molecule has 30 heavy (non-hydrogen) atoms. The van der Waals surface area contributed by atoms with Gasteiger partial charge in [0, 0.05) is 18.8 Å². The number of imide groups is 1. The van der Waals surface area contributed by atoms with Crippen LogP contribution in [-0.4, -0.2) is 25.2 Å². The lowest BCUT2D eigenvalue weighted by Gasteiger charge is -2.09. The number of carbonyl (C=O) groups excluding carboxylic acids is 2. The third-order valence-corrected chi connectivity index (χ3v) is 5.72. The van der Waals surface area contributed by atoms with Crippen molar-refractivity contribution in [2.24, 2.45) is 0 Å². The SMILES string of the molecule is O=C1NC(=O)c2cc(S(=O)(=O)NCc3ccnc(Oc4ccc(F)cc4)c3)ccc21. The summed E-state index contributed by atoms with van der Waals surface area (Å²) < 4.78 is 46.1. The second-order valence-corrected chi connectivity index (χ2v) is 8.14. The number of nitrogens with zero attached hydrogens (tertiary/aromatic N) is 1. The number of amides is 2. The highest BCUT2D eigenvalue weighted by molar-refractivity contribution is 7.89. The first-order chi connectivity index (χ1) is 14.3. The van der Waals surface area contributed by atoms with Gasteiger partial charge in [-0.15, -0.1) is 0 Å². The van der Waals surface area contributed by atoms with Gasteiger partial charge in [-0.25, -0.2) is 22.5 Å². The summed E-state index contributed by atoms with van der Waals surface area (Å²) in [4.78, 5) is 27.3. The third-order valence-electron chi connectivity index (χ3n) is 4.32. The normalized spacial score (nSPS) is 13.1. The van der Waals surface area contributed by atoms with Crippen molar-refractivity contribution in [3.63, 3.8) is 0 Å². The molecule has 10 heteroatoms. The first-order valence-electron chi connectivity index (χ1n) is 8.69. The van der Waals surface area contributed by atoms with E-state index in [0.29, 0.717) is 11.3 Å². The first kappa shape index (κ1) is 19.7. The predicted octanol–water partition coefficient (Wildman–Crippen LogP) is 2.38. The van der Waals surface area contributed by atoms with Crippen LogP contribution in [0, 0.1) is 5.82 Å². The van der Waals surface area contributed by atoms with E-state index in [2.05, 4.69) is 15.0 Å². The van der Waals surface area contributed by atoms with Crippen molar-refractivity contribution in [1.82, 2.24) is 15.0 Å². The summed E-state index contributed by atoms with van der Waals surface area (Å²) in [6.45, 7) is -0.0627. The minimum Gasteiger partial charge on any atom is -0.439 e. The molecule has 8 nitrogen and oxygen atoms in total. The van der Waals surface area contributed by atoms with E-state index in [1.807, 2.05) is 0 Å². The molecule has 0 fully saturated rings. The van der Waals surface area contributed by atoms with Crippen molar-refractivity contribution in [1.29, 1.82) is 0 Å². The van der Waals surface area contributed by atoms with Gasteiger partial charge in [0.05, 0.1) is 16.0 Å². The molecule has 2 heterocycles. The summed E-state index contributed by atoms with van der Waals surface area (Å²) in [5, 5.41) is 2.11. The molecule has 0 unspecified atom stereocenters. The highest BCUT2D eigenvalue weighted by Crippen LogP contribution is 2.22. The Hall–Kier alpha value is -3.63. The number of halogens is 1. The summed E-state index contributed by atoms with van der Waals surface area (Å²) in [5.41, 5.74) is 0.720. The molecule has 1 aliphatic heterocycles. The van der Waals surface area contributed by atoms with Crippen molar-refractivity contribution in [3.05, 3.63) is 83.3 Å². The van der Waals surface area contributed by atoms with Crippen LogP contribution in [0.4, 0.5) is 4.39 Å². The second kappa shape index (κ2) is 7.65. The zero-order valence-corrected chi connectivity index (χ0v) is 16.1. The van der Waals surface area contributed by atoms with Crippen LogP contribution in [0.25, 0.3) is 0 Å². The smallest absolute Gasteiger partial charge is 0.258 e. The lowest BCUT2D eigenvalue weighted by Crippen LogP contribution is -2.23. The molecule has 0 atom stereocenters. The molecule has 4 rings (SSSR count). The number of sulfonamides is 1. The number of carbonyl (C=O) groups is 2. The Morgan fingerprint density at radius 1 is 0.967 bits per heavy atom. The van der Waals surface area contributed by atoms with Crippen LogP contribution in [0.5, 0.6) is 11.6 Å². The molecule has 0 aliphatic carbocycles. The molecule has 0 saturated carbocycles. The topological polar surface area (TPSA) is 114 Å². The summed E-state index contributed by atoms with van der Waals surface area (Å²) in [7, 11) is -3.94. The maximum Gasteiger partial charge on any atom is 0.258 e.